The molecule has 214 valence electrons. The average molecular weight is 561 g/mol. The Labute approximate surface area is 238 Å². The van der Waals surface area contributed by atoms with Gasteiger partial charge in [0.25, 0.3) is 5.91 Å². The molecule has 3 amide bonds. The van der Waals surface area contributed by atoms with Crippen LogP contribution in [0.3, 0.4) is 0 Å². The zero-order valence-corrected chi connectivity index (χ0v) is 22.8. The third kappa shape index (κ3) is 10.1. The van der Waals surface area contributed by atoms with Gasteiger partial charge in [-0.25, -0.2) is 5.43 Å². The van der Waals surface area contributed by atoms with E-state index in [-0.39, 0.29) is 12.5 Å². The summed E-state index contributed by atoms with van der Waals surface area (Å²) in [6.45, 7) is 8.31. The molecule has 0 aliphatic rings. The molecule has 3 N–H and O–H groups in total. The van der Waals surface area contributed by atoms with Crippen molar-refractivity contribution in [2.75, 3.05) is 37.1 Å². The quantitative estimate of drug-likeness (QED) is 0.117. The molecular weight excluding hydrogens is 528 g/mol. The Morgan fingerprint density at radius 3 is 2.02 bits per heavy atom. The topological polar surface area (TPSA) is 137 Å². The highest BCUT2D eigenvalue weighted by atomic mass is 16.5. The summed E-state index contributed by atoms with van der Waals surface area (Å²) in [6.07, 6.45) is 2.97. The number of amides is 3. The lowest BCUT2D eigenvalue weighted by atomic mass is 10.2. The normalized spacial score (nSPS) is 10.4. The number of carbonyl (C=O) groups excluding carboxylic acids is 3. The number of nitrogens with zero attached hydrogens (tertiary/aromatic N) is 1. The third-order valence-corrected chi connectivity index (χ3v) is 5.14. The van der Waals surface area contributed by atoms with Gasteiger partial charge in [0.05, 0.1) is 19.4 Å². The summed E-state index contributed by atoms with van der Waals surface area (Å²) in [5, 5.41) is 9.07. The van der Waals surface area contributed by atoms with E-state index in [1.54, 1.807) is 72.8 Å². The summed E-state index contributed by atoms with van der Waals surface area (Å²) in [6, 6.07) is 18.5. The van der Waals surface area contributed by atoms with Crippen LogP contribution in [0.1, 0.15) is 19.4 Å². The zero-order chi connectivity index (χ0) is 29.5. The minimum absolute atomic E-state index is 0.240. The second-order valence-corrected chi connectivity index (χ2v) is 8.21. The van der Waals surface area contributed by atoms with E-state index in [0.29, 0.717) is 59.8 Å². The lowest BCUT2D eigenvalue weighted by Gasteiger charge is -2.13. The Morgan fingerprint density at radius 2 is 1.39 bits per heavy atom. The van der Waals surface area contributed by atoms with Crippen LogP contribution in [0.25, 0.3) is 0 Å². The standard InChI is InChI=1S/C30H32N4O7/c1-4-17-40-25-14-10-23(11-15-25)33-29(36)30(37)34-31-19-21-7-16-26(27(18-21)39-6-3)41-20-28(35)32-22-8-12-24(13-9-22)38-5-2/h4,7-16,18-19H,1,5-6,17,20H2,2-3H3,(H,32,35)(H,33,36)(H,34,37)/b31-19-. The molecule has 0 aromatic heterocycles. The van der Waals surface area contributed by atoms with Crippen molar-refractivity contribution in [1.29, 1.82) is 0 Å². The van der Waals surface area contributed by atoms with Crippen molar-refractivity contribution in [2.45, 2.75) is 13.8 Å². The molecule has 0 spiro atoms. The fraction of sp³-hybridized carbons (Fsp3) is 0.200. The van der Waals surface area contributed by atoms with Crippen LogP contribution in [-0.2, 0) is 14.4 Å². The Kier molecular flexibility index (Phi) is 11.7. The zero-order valence-electron chi connectivity index (χ0n) is 22.8. The smallest absolute Gasteiger partial charge is 0.329 e. The van der Waals surface area contributed by atoms with E-state index in [0.717, 1.165) is 0 Å². The van der Waals surface area contributed by atoms with Gasteiger partial charge in [0.15, 0.2) is 18.1 Å². The summed E-state index contributed by atoms with van der Waals surface area (Å²) >= 11 is 0. The van der Waals surface area contributed by atoms with Crippen LogP contribution in [-0.4, -0.2) is 50.4 Å². The van der Waals surface area contributed by atoms with Gasteiger partial charge in [0.2, 0.25) is 0 Å². The minimum atomic E-state index is -0.947. The molecule has 0 saturated carbocycles. The number of rotatable bonds is 14. The first-order chi connectivity index (χ1) is 19.9. The van der Waals surface area contributed by atoms with Crippen LogP contribution >= 0.6 is 0 Å². The van der Waals surface area contributed by atoms with Crippen molar-refractivity contribution in [3.8, 4) is 23.0 Å². The highest BCUT2D eigenvalue weighted by molar-refractivity contribution is 6.39. The number of anilines is 2. The molecule has 0 saturated heterocycles. The van der Waals surface area contributed by atoms with Gasteiger partial charge in [-0.2, -0.15) is 5.10 Å². The molecule has 3 rings (SSSR count). The van der Waals surface area contributed by atoms with Crippen LogP contribution in [0, 0.1) is 0 Å². The van der Waals surface area contributed by atoms with Crippen molar-refractivity contribution in [1.82, 2.24) is 5.43 Å². The second kappa shape index (κ2) is 15.9. The Hall–Kier alpha value is -5.32. The monoisotopic (exact) mass is 560 g/mol. The first kappa shape index (κ1) is 30.2. The van der Waals surface area contributed by atoms with E-state index in [9.17, 15) is 14.4 Å². The van der Waals surface area contributed by atoms with Crippen molar-refractivity contribution < 1.29 is 33.3 Å². The average Bonchev–Trinajstić information content (AvgIpc) is 2.97. The largest absolute Gasteiger partial charge is 0.494 e. The number of hydrazone groups is 1. The maximum Gasteiger partial charge on any atom is 0.329 e. The van der Waals surface area contributed by atoms with Gasteiger partial charge in [0.1, 0.15) is 18.1 Å². The van der Waals surface area contributed by atoms with Crippen molar-refractivity contribution in [3.63, 3.8) is 0 Å². The SMILES string of the molecule is C=CCOc1ccc(NC(=O)C(=O)N/N=C\c2ccc(OCC(=O)Nc3ccc(OCC)cc3)c(OCC)c2)cc1. The molecule has 0 unspecified atom stereocenters. The number of benzene rings is 3. The summed E-state index contributed by atoms with van der Waals surface area (Å²) in [7, 11) is 0. The van der Waals surface area contributed by atoms with E-state index < -0.39 is 11.8 Å². The van der Waals surface area contributed by atoms with Gasteiger partial charge in [0, 0.05) is 11.4 Å². The van der Waals surface area contributed by atoms with E-state index in [1.165, 1.54) is 6.21 Å². The van der Waals surface area contributed by atoms with Crippen LogP contribution < -0.4 is 35.0 Å². The Balaban J connectivity index is 1.51. The number of carbonyl (C=O) groups is 3. The third-order valence-electron chi connectivity index (χ3n) is 5.14. The van der Waals surface area contributed by atoms with Gasteiger partial charge in [-0.15, -0.1) is 0 Å². The van der Waals surface area contributed by atoms with E-state index in [1.807, 2.05) is 13.8 Å². The van der Waals surface area contributed by atoms with E-state index in [2.05, 4.69) is 27.7 Å². The lowest BCUT2D eigenvalue weighted by molar-refractivity contribution is -0.136. The molecule has 11 nitrogen and oxygen atoms in total. The van der Waals surface area contributed by atoms with Crippen LogP contribution in [0.2, 0.25) is 0 Å². The maximum absolute atomic E-state index is 12.3. The summed E-state index contributed by atoms with van der Waals surface area (Å²) in [5.41, 5.74) is 3.78. The predicted octanol–water partition coefficient (Wildman–Crippen LogP) is 4.16. The molecule has 3 aromatic rings. The fourth-order valence-electron chi connectivity index (χ4n) is 3.33. The van der Waals surface area contributed by atoms with Gasteiger partial charge < -0.3 is 29.6 Å². The fourth-order valence-corrected chi connectivity index (χ4v) is 3.33. The predicted molar refractivity (Wildman–Crippen MR) is 156 cm³/mol. The molecule has 0 atom stereocenters. The second-order valence-electron chi connectivity index (χ2n) is 8.21. The van der Waals surface area contributed by atoms with Gasteiger partial charge >= 0.3 is 11.8 Å². The van der Waals surface area contributed by atoms with E-state index in [4.69, 9.17) is 18.9 Å². The van der Waals surface area contributed by atoms with Crippen LogP contribution in [0.15, 0.2) is 84.5 Å². The highest BCUT2D eigenvalue weighted by Crippen LogP contribution is 2.28. The van der Waals surface area contributed by atoms with Crippen molar-refractivity contribution >= 4 is 35.3 Å². The van der Waals surface area contributed by atoms with Crippen LogP contribution in [0.5, 0.6) is 23.0 Å². The summed E-state index contributed by atoms with van der Waals surface area (Å²) in [5.74, 6) is -0.121. The van der Waals surface area contributed by atoms with Gasteiger partial charge in [-0.05, 0) is 86.1 Å². The molecular formula is C30H32N4O7. The molecule has 0 radical (unpaired) electrons. The summed E-state index contributed by atoms with van der Waals surface area (Å²) in [4.78, 5) is 36.6. The van der Waals surface area contributed by atoms with Gasteiger partial charge in [-0.1, -0.05) is 12.7 Å². The maximum atomic E-state index is 12.3. The summed E-state index contributed by atoms with van der Waals surface area (Å²) < 4.78 is 22.1. The minimum Gasteiger partial charge on any atom is -0.494 e. The highest BCUT2D eigenvalue weighted by Gasteiger charge is 2.13. The molecule has 0 heterocycles. The van der Waals surface area contributed by atoms with Crippen molar-refractivity contribution in [2.24, 2.45) is 5.10 Å². The van der Waals surface area contributed by atoms with Crippen molar-refractivity contribution in [3.05, 3.63) is 84.9 Å². The number of hydrogen-bond donors (Lipinski definition) is 3. The number of hydrogen-bond acceptors (Lipinski definition) is 8. The van der Waals surface area contributed by atoms with Gasteiger partial charge in [-0.3, -0.25) is 14.4 Å². The van der Waals surface area contributed by atoms with Crippen LogP contribution in [0.4, 0.5) is 11.4 Å². The molecule has 0 fully saturated rings. The molecule has 0 bridgehead atoms. The first-order valence-electron chi connectivity index (χ1n) is 12.8. The van der Waals surface area contributed by atoms with E-state index >= 15 is 0 Å². The molecule has 11 heteroatoms. The number of ether oxygens (including phenoxy) is 4. The molecule has 41 heavy (non-hydrogen) atoms. The molecule has 3 aromatic carbocycles. The number of nitrogens with one attached hydrogen (secondary N) is 3. The molecule has 0 aliphatic heterocycles. The first-order valence-corrected chi connectivity index (χ1v) is 12.8. The molecule has 0 aliphatic carbocycles. The Morgan fingerprint density at radius 1 is 0.756 bits per heavy atom. The lowest BCUT2D eigenvalue weighted by Crippen LogP contribution is -2.32. The Bertz CT molecular complexity index is 1360.